The van der Waals surface area contributed by atoms with E-state index in [1.807, 2.05) is 0 Å². The molecule has 0 amide bonds. The molecule has 0 aromatic rings. The second kappa shape index (κ2) is 7.23. The van der Waals surface area contributed by atoms with Crippen LogP contribution in [0, 0.1) is 5.92 Å². The first kappa shape index (κ1) is 14.9. The largest absolute Gasteiger partial charge is 0.481 e. The van der Waals surface area contributed by atoms with Gasteiger partial charge in [-0.25, -0.2) is 5.26 Å². The monoisotopic (exact) mass is 248 g/mol. The number of aliphatic carboxylic acids is 3. The lowest BCUT2D eigenvalue weighted by Crippen LogP contribution is -2.19. The van der Waals surface area contributed by atoms with Crippen molar-refractivity contribution in [3.8, 4) is 0 Å². The molecule has 4 N–H and O–H groups in total. The van der Waals surface area contributed by atoms with Gasteiger partial charge in [-0.15, -0.1) is 0 Å². The van der Waals surface area contributed by atoms with Gasteiger partial charge in [-0.1, -0.05) is 0 Å². The molecule has 17 heavy (non-hydrogen) atoms. The molecule has 0 bridgehead atoms. The minimum Gasteiger partial charge on any atom is -0.481 e. The van der Waals surface area contributed by atoms with E-state index in [9.17, 15) is 14.4 Å². The van der Waals surface area contributed by atoms with Crippen molar-refractivity contribution in [1.29, 1.82) is 0 Å². The van der Waals surface area contributed by atoms with E-state index in [2.05, 4.69) is 4.89 Å². The number of carbonyl (C=O) groups is 3. The van der Waals surface area contributed by atoms with Crippen LogP contribution in [0.15, 0.2) is 11.8 Å². The molecular formula is C9H12O8. The molecular weight excluding hydrogens is 236 g/mol. The summed E-state index contributed by atoms with van der Waals surface area (Å²) in [4.78, 5) is 35.2. The first-order valence-electron chi connectivity index (χ1n) is 4.51. The predicted molar refractivity (Wildman–Crippen MR) is 52.0 cm³/mol. The van der Waals surface area contributed by atoms with Crippen LogP contribution in [-0.2, 0) is 19.3 Å². The number of carboxylic acids is 3. The van der Waals surface area contributed by atoms with E-state index in [-0.39, 0.29) is 12.0 Å². The maximum absolute atomic E-state index is 10.7. The Hall–Kier alpha value is -2.09. The predicted octanol–water partition coefficient (Wildman–Crippen LogP) is 0.400. The molecule has 0 heterocycles. The normalized spacial score (nSPS) is 12.9. The van der Waals surface area contributed by atoms with Gasteiger partial charge in [-0.2, -0.15) is 0 Å². The van der Waals surface area contributed by atoms with Crippen molar-refractivity contribution in [2.45, 2.75) is 19.3 Å². The molecule has 0 rings (SSSR count). The lowest BCUT2D eigenvalue weighted by atomic mass is 9.95. The molecule has 0 aliphatic carbocycles. The maximum Gasteiger partial charge on any atom is 0.307 e. The summed E-state index contributed by atoms with van der Waals surface area (Å²) in [6, 6.07) is 0. The van der Waals surface area contributed by atoms with Crippen molar-refractivity contribution in [1.82, 2.24) is 0 Å². The summed E-state index contributed by atoms with van der Waals surface area (Å²) < 4.78 is 0. The number of hydrogen-bond donors (Lipinski definition) is 4. The second-order valence-electron chi connectivity index (χ2n) is 3.29. The van der Waals surface area contributed by atoms with E-state index in [1.54, 1.807) is 0 Å². The maximum atomic E-state index is 10.7. The van der Waals surface area contributed by atoms with Crippen molar-refractivity contribution >= 4 is 17.9 Å². The Labute approximate surface area is 95.7 Å². The summed E-state index contributed by atoms with van der Waals surface area (Å²) in [6.07, 6.45) is -0.817. The van der Waals surface area contributed by atoms with Gasteiger partial charge in [0.1, 0.15) is 6.26 Å². The first-order valence-corrected chi connectivity index (χ1v) is 4.51. The average molecular weight is 248 g/mol. The summed E-state index contributed by atoms with van der Waals surface area (Å²) in [6.45, 7) is 0. The van der Waals surface area contributed by atoms with Gasteiger partial charge in [0.25, 0.3) is 0 Å². The van der Waals surface area contributed by atoms with Crippen molar-refractivity contribution in [2.75, 3.05) is 0 Å². The van der Waals surface area contributed by atoms with Gasteiger partial charge in [0.2, 0.25) is 0 Å². The van der Waals surface area contributed by atoms with Gasteiger partial charge in [0.05, 0.1) is 18.8 Å². The number of carboxylic acid groups (broad SMARTS) is 3. The Morgan fingerprint density at radius 3 is 2.00 bits per heavy atom. The Bertz CT molecular complexity index is 332. The van der Waals surface area contributed by atoms with Gasteiger partial charge < -0.3 is 20.2 Å². The van der Waals surface area contributed by atoms with E-state index in [0.717, 1.165) is 0 Å². The summed E-state index contributed by atoms with van der Waals surface area (Å²) in [5.74, 6) is -5.18. The third-order valence-corrected chi connectivity index (χ3v) is 1.88. The molecule has 96 valence electrons. The van der Waals surface area contributed by atoms with Crippen molar-refractivity contribution in [2.24, 2.45) is 5.92 Å². The molecule has 0 radical (unpaired) electrons. The minimum absolute atomic E-state index is 0.0198. The second-order valence-corrected chi connectivity index (χ2v) is 3.29. The third kappa shape index (κ3) is 6.90. The zero-order valence-electron chi connectivity index (χ0n) is 8.70. The molecule has 0 aliphatic heterocycles. The van der Waals surface area contributed by atoms with Crippen LogP contribution in [0.3, 0.4) is 0 Å². The standard InChI is InChI=1S/C9H12O8/c10-7(11)2-5(4-17-16)1-6(9(14)15)3-8(12)13/h4,6,16H,1-3H2,(H,10,11)(H,12,13)(H,14,15). The van der Waals surface area contributed by atoms with Crippen LogP contribution in [0.1, 0.15) is 19.3 Å². The van der Waals surface area contributed by atoms with E-state index in [4.69, 9.17) is 20.6 Å². The molecule has 0 saturated carbocycles. The van der Waals surface area contributed by atoms with Crippen molar-refractivity contribution in [3.63, 3.8) is 0 Å². The third-order valence-electron chi connectivity index (χ3n) is 1.88. The van der Waals surface area contributed by atoms with E-state index < -0.39 is 36.7 Å². The van der Waals surface area contributed by atoms with E-state index in [1.165, 1.54) is 0 Å². The highest BCUT2D eigenvalue weighted by Gasteiger charge is 2.23. The molecule has 0 aliphatic rings. The quantitative estimate of drug-likeness (QED) is 0.274. The fourth-order valence-corrected chi connectivity index (χ4v) is 1.20. The Morgan fingerprint density at radius 2 is 1.65 bits per heavy atom. The van der Waals surface area contributed by atoms with Gasteiger partial charge in [-0.05, 0) is 12.0 Å². The van der Waals surface area contributed by atoms with Crippen LogP contribution in [0.2, 0.25) is 0 Å². The van der Waals surface area contributed by atoms with Crippen LogP contribution in [0.25, 0.3) is 0 Å². The van der Waals surface area contributed by atoms with E-state index >= 15 is 0 Å². The van der Waals surface area contributed by atoms with Gasteiger partial charge in [0.15, 0.2) is 0 Å². The zero-order valence-corrected chi connectivity index (χ0v) is 8.70. The van der Waals surface area contributed by atoms with Gasteiger partial charge >= 0.3 is 17.9 Å². The smallest absolute Gasteiger partial charge is 0.307 e. The Morgan fingerprint density at radius 1 is 1.06 bits per heavy atom. The summed E-state index contributed by atoms with van der Waals surface area (Å²) >= 11 is 0. The van der Waals surface area contributed by atoms with Gasteiger partial charge in [-0.3, -0.25) is 14.4 Å². The highest BCUT2D eigenvalue weighted by molar-refractivity contribution is 5.78. The molecule has 8 nitrogen and oxygen atoms in total. The topological polar surface area (TPSA) is 141 Å². The lowest BCUT2D eigenvalue weighted by Gasteiger charge is -2.10. The summed E-state index contributed by atoms with van der Waals surface area (Å²) in [5, 5.41) is 33.9. The molecule has 0 fully saturated rings. The van der Waals surface area contributed by atoms with Crippen molar-refractivity contribution in [3.05, 3.63) is 11.8 Å². The molecule has 1 unspecified atom stereocenters. The highest BCUT2D eigenvalue weighted by atomic mass is 17.1. The molecule has 0 saturated heterocycles. The fourth-order valence-electron chi connectivity index (χ4n) is 1.20. The minimum atomic E-state index is -1.36. The van der Waals surface area contributed by atoms with Crippen molar-refractivity contribution < 1.29 is 39.8 Å². The number of rotatable bonds is 8. The summed E-state index contributed by atoms with van der Waals surface area (Å²) in [7, 11) is 0. The van der Waals surface area contributed by atoms with Crippen LogP contribution < -0.4 is 0 Å². The molecule has 8 heteroatoms. The highest BCUT2D eigenvalue weighted by Crippen LogP contribution is 2.18. The molecule has 1 atom stereocenters. The average Bonchev–Trinajstić information content (AvgIpc) is 2.15. The van der Waals surface area contributed by atoms with Crippen LogP contribution >= 0.6 is 0 Å². The fraction of sp³-hybridized carbons (Fsp3) is 0.444. The lowest BCUT2D eigenvalue weighted by molar-refractivity contribution is -0.188. The van der Waals surface area contributed by atoms with Gasteiger partial charge in [0, 0.05) is 0 Å². The molecule has 0 spiro atoms. The zero-order chi connectivity index (χ0) is 13.4. The van der Waals surface area contributed by atoms with E-state index in [0.29, 0.717) is 6.26 Å². The van der Waals surface area contributed by atoms with Crippen LogP contribution in [0.4, 0.5) is 0 Å². The number of hydrogen-bond acceptors (Lipinski definition) is 5. The van der Waals surface area contributed by atoms with Crippen LogP contribution in [0.5, 0.6) is 0 Å². The molecule has 0 aromatic carbocycles. The Kier molecular flexibility index (Phi) is 6.34. The first-order chi connectivity index (χ1) is 7.86. The summed E-state index contributed by atoms with van der Waals surface area (Å²) in [5.41, 5.74) is -0.0198. The SMILES string of the molecule is O=C(O)CC(=COO)CC(CC(=O)O)C(=O)O. The molecule has 0 aromatic heterocycles. The Balaban J connectivity index is 4.67. The van der Waals surface area contributed by atoms with Crippen LogP contribution in [-0.4, -0.2) is 38.5 Å².